The van der Waals surface area contributed by atoms with E-state index in [1.165, 1.54) is 17.2 Å². The largest absolute Gasteiger partial charge is 0.394 e. The van der Waals surface area contributed by atoms with Crippen LogP contribution in [-0.4, -0.2) is 66.0 Å². The minimum atomic E-state index is -2.19. The molecule has 0 aliphatic carbocycles. The van der Waals surface area contributed by atoms with Crippen LogP contribution in [0.2, 0.25) is 0 Å². The van der Waals surface area contributed by atoms with Crippen molar-refractivity contribution in [2.75, 3.05) is 18.9 Å². The molecule has 1 aliphatic heterocycles. The average molecular weight is 321 g/mol. The third-order valence-electron chi connectivity index (χ3n) is 3.64. The van der Waals surface area contributed by atoms with Gasteiger partial charge in [-0.25, -0.2) is 15.0 Å². The first-order valence-electron chi connectivity index (χ1n) is 6.70. The van der Waals surface area contributed by atoms with Gasteiger partial charge in [0.05, 0.1) is 12.9 Å². The highest BCUT2D eigenvalue weighted by Gasteiger charge is 2.58. The van der Waals surface area contributed by atoms with Crippen LogP contribution in [0.5, 0.6) is 0 Å². The van der Waals surface area contributed by atoms with E-state index < -0.39 is 30.8 Å². The summed E-state index contributed by atoms with van der Waals surface area (Å²) in [4.78, 5) is 11.9. The van der Waals surface area contributed by atoms with Crippen LogP contribution >= 0.6 is 0 Å². The number of aliphatic hydroxyl groups is 3. The van der Waals surface area contributed by atoms with Gasteiger partial charge in [-0.05, 0) is 0 Å². The van der Waals surface area contributed by atoms with Gasteiger partial charge in [0.1, 0.15) is 30.7 Å². The second-order valence-corrected chi connectivity index (χ2v) is 4.98. The van der Waals surface area contributed by atoms with Gasteiger partial charge in [-0.3, -0.25) is 4.57 Å². The van der Waals surface area contributed by atoms with Crippen molar-refractivity contribution in [1.29, 1.82) is 0 Å². The number of fused-ring (bicyclic) bond motifs is 1. The Morgan fingerprint density at radius 1 is 1.48 bits per heavy atom. The van der Waals surface area contributed by atoms with E-state index in [0.717, 1.165) is 0 Å². The molecule has 2 aromatic heterocycles. The van der Waals surface area contributed by atoms with Crippen molar-refractivity contribution in [2.24, 2.45) is 0 Å². The molecule has 1 aliphatic rings. The molecule has 0 radical (unpaired) electrons. The zero-order valence-corrected chi connectivity index (χ0v) is 11.9. The molecule has 5 N–H and O–H groups in total. The van der Waals surface area contributed by atoms with E-state index in [1.807, 2.05) is 0 Å². The molecule has 122 valence electrons. The van der Waals surface area contributed by atoms with Crippen molar-refractivity contribution in [3.05, 3.63) is 12.7 Å². The second kappa shape index (κ2) is 5.73. The number of nitrogens with zero attached hydrogens (tertiary/aromatic N) is 4. The summed E-state index contributed by atoms with van der Waals surface area (Å²) in [6, 6.07) is 0. The van der Waals surface area contributed by atoms with Gasteiger partial charge in [0.15, 0.2) is 17.7 Å². The van der Waals surface area contributed by atoms with E-state index in [2.05, 4.69) is 20.9 Å². The van der Waals surface area contributed by atoms with Crippen molar-refractivity contribution in [3.8, 4) is 12.3 Å². The van der Waals surface area contributed by atoms with E-state index >= 15 is 0 Å². The van der Waals surface area contributed by atoms with Crippen molar-refractivity contribution >= 4 is 17.0 Å². The molecule has 3 rings (SSSR count). The number of hydrogen-bond acceptors (Lipinski definition) is 9. The van der Waals surface area contributed by atoms with Crippen LogP contribution in [0.15, 0.2) is 12.7 Å². The van der Waals surface area contributed by atoms with E-state index in [-0.39, 0.29) is 18.1 Å². The number of imidazole rings is 1. The van der Waals surface area contributed by atoms with Gasteiger partial charge in [-0.1, -0.05) is 5.92 Å². The summed E-state index contributed by atoms with van der Waals surface area (Å²) >= 11 is 0. The van der Waals surface area contributed by atoms with Crippen molar-refractivity contribution in [2.45, 2.75) is 24.2 Å². The number of aromatic nitrogens is 4. The maximum Gasteiger partial charge on any atom is 0.242 e. The van der Waals surface area contributed by atoms with Crippen LogP contribution < -0.4 is 5.73 Å². The number of terminal acetylenes is 1. The topological polar surface area (TPSA) is 149 Å². The molecule has 23 heavy (non-hydrogen) atoms. The van der Waals surface area contributed by atoms with Crippen LogP contribution in [0.3, 0.4) is 0 Å². The lowest BCUT2D eigenvalue weighted by molar-refractivity contribution is -0.271. The number of ether oxygens (including phenoxy) is 2. The summed E-state index contributed by atoms with van der Waals surface area (Å²) < 4.78 is 12.1. The molecule has 10 heteroatoms. The predicted octanol–water partition coefficient (Wildman–Crippen LogP) is -2.00. The van der Waals surface area contributed by atoms with E-state index in [4.69, 9.17) is 21.6 Å². The molecule has 0 saturated carbocycles. The van der Waals surface area contributed by atoms with Gasteiger partial charge in [0.25, 0.3) is 0 Å². The fraction of sp³-hybridized carbons (Fsp3) is 0.462. The zero-order chi connectivity index (χ0) is 16.6. The molecule has 10 nitrogen and oxygen atoms in total. The zero-order valence-electron chi connectivity index (χ0n) is 11.9. The van der Waals surface area contributed by atoms with Gasteiger partial charge >= 0.3 is 0 Å². The van der Waals surface area contributed by atoms with Gasteiger partial charge in [-0.15, -0.1) is 6.42 Å². The van der Waals surface area contributed by atoms with Crippen LogP contribution in [0.25, 0.3) is 11.2 Å². The molecular weight excluding hydrogens is 306 g/mol. The van der Waals surface area contributed by atoms with Gasteiger partial charge in [0.2, 0.25) is 5.79 Å². The molecule has 0 amide bonds. The van der Waals surface area contributed by atoms with E-state index in [9.17, 15) is 15.3 Å². The van der Waals surface area contributed by atoms with Crippen LogP contribution in [0, 0.1) is 12.3 Å². The molecular formula is C13H15N5O5. The minimum Gasteiger partial charge on any atom is -0.394 e. The number of nitrogens with two attached hydrogens (primary N) is 1. The van der Waals surface area contributed by atoms with Crippen LogP contribution in [-0.2, 0) is 9.47 Å². The molecule has 0 spiro atoms. The van der Waals surface area contributed by atoms with Gasteiger partial charge < -0.3 is 30.5 Å². The second-order valence-electron chi connectivity index (χ2n) is 4.98. The summed E-state index contributed by atoms with van der Waals surface area (Å²) in [7, 11) is 0. The first-order chi connectivity index (χ1) is 11.0. The Labute approximate surface area is 130 Å². The first-order valence-corrected chi connectivity index (χ1v) is 6.70. The molecule has 1 saturated heterocycles. The summed E-state index contributed by atoms with van der Waals surface area (Å²) in [5.41, 5.74) is 6.30. The summed E-state index contributed by atoms with van der Waals surface area (Å²) in [5, 5.41) is 30.2. The third kappa shape index (κ3) is 2.31. The molecule has 1 fully saturated rings. The SMILES string of the molecule is C#CCO[C@@]1(O)[C@H](O)[C@@H](CO)O[C@H]1n1cnc2c(N)ncnc21. The fourth-order valence-electron chi connectivity index (χ4n) is 2.51. The third-order valence-corrected chi connectivity index (χ3v) is 3.64. The van der Waals surface area contributed by atoms with Crippen molar-refractivity contribution in [3.63, 3.8) is 0 Å². The average Bonchev–Trinajstić information content (AvgIpc) is 3.07. The Kier molecular flexibility index (Phi) is 3.88. The fourth-order valence-corrected chi connectivity index (χ4v) is 2.51. The number of anilines is 1. The Balaban J connectivity index is 2.08. The number of aliphatic hydroxyl groups excluding tert-OH is 2. The van der Waals surface area contributed by atoms with Crippen molar-refractivity contribution in [1.82, 2.24) is 19.5 Å². The number of rotatable bonds is 4. The number of hydrogen-bond donors (Lipinski definition) is 4. The monoisotopic (exact) mass is 321 g/mol. The maximum absolute atomic E-state index is 10.7. The lowest BCUT2D eigenvalue weighted by atomic mass is 10.1. The smallest absolute Gasteiger partial charge is 0.242 e. The summed E-state index contributed by atoms with van der Waals surface area (Å²) in [5.74, 6) is 0.168. The van der Waals surface area contributed by atoms with E-state index in [1.54, 1.807) is 0 Å². The van der Waals surface area contributed by atoms with Gasteiger partial charge in [-0.2, -0.15) is 0 Å². The summed E-state index contributed by atoms with van der Waals surface area (Å²) in [6.45, 7) is -0.793. The normalized spacial score (nSPS) is 30.6. The van der Waals surface area contributed by atoms with Crippen LogP contribution in [0.1, 0.15) is 6.23 Å². The number of nitrogen functional groups attached to an aromatic ring is 1. The highest BCUT2D eigenvalue weighted by Crippen LogP contribution is 2.40. The van der Waals surface area contributed by atoms with Gasteiger partial charge in [0, 0.05) is 0 Å². The molecule has 0 bridgehead atoms. The minimum absolute atomic E-state index is 0.152. The molecule has 0 unspecified atom stereocenters. The standard InChI is InChI=1S/C13H15N5O5/c1-2-3-22-13(21)9(20)7(4-19)23-12(13)18-6-17-8-10(14)15-5-16-11(8)18/h1,5-7,9,12,19-21H,3-4H2,(H2,14,15,16)/t7-,9-,12-,13+/m1/s1. The Bertz CT molecular complexity index is 759. The Morgan fingerprint density at radius 3 is 2.96 bits per heavy atom. The molecule has 4 atom stereocenters. The lowest BCUT2D eigenvalue weighted by Crippen LogP contribution is -2.49. The van der Waals surface area contributed by atoms with Crippen molar-refractivity contribution < 1.29 is 24.8 Å². The summed E-state index contributed by atoms with van der Waals surface area (Å²) in [6.07, 6.45) is 3.85. The molecule has 3 heterocycles. The molecule has 0 aromatic carbocycles. The highest BCUT2D eigenvalue weighted by molar-refractivity contribution is 5.81. The van der Waals surface area contributed by atoms with Crippen LogP contribution in [0.4, 0.5) is 5.82 Å². The lowest BCUT2D eigenvalue weighted by Gasteiger charge is -2.30. The predicted molar refractivity (Wildman–Crippen MR) is 76.5 cm³/mol. The Hall–Kier alpha value is -2.29. The first kappa shape index (κ1) is 15.6. The highest BCUT2D eigenvalue weighted by atomic mass is 16.7. The Morgan fingerprint density at radius 2 is 2.26 bits per heavy atom. The maximum atomic E-state index is 10.7. The van der Waals surface area contributed by atoms with E-state index in [0.29, 0.717) is 5.52 Å². The quantitative estimate of drug-likeness (QED) is 0.370. The molecule has 2 aromatic rings.